The minimum atomic E-state index is -3.80. The van der Waals surface area contributed by atoms with Crippen molar-refractivity contribution >= 4 is 71.6 Å². The van der Waals surface area contributed by atoms with Crippen molar-refractivity contribution in [1.29, 1.82) is 0 Å². The van der Waals surface area contributed by atoms with Gasteiger partial charge in [-0.2, -0.15) is 0 Å². The highest BCUT2D eigenvalue weighted by Crippen LogP contribution is 2.46. The van der Waals surface area contributed by atoms with Crippen molar-refractivity contribution in [2.24, 2.45) is 10.1 Å². The van der Waals surface area contributed by atoms with Crippen molar-refractivity contribution in [2.45, 2.75) is 23.8 Å². The zero-order valence-corrected chi connectivity index (χ0v) is 19.1. The normalized spacial score (nSPS) is 22.3. The largest absolute Gasteiger partial charge is 0.321 e. The lowest BCUT2D eigenvalue weighted by Crippen LogP contribution is -2.31. The molecule has 8 nitrogen and oxygen atoms in total. The van der Waals surface area contributed by atoms with Gasteiger partial charge in [0.15, 0.2) is 5.17 Å². The van der Waals surface area contributed by atoms with Gasteiger partial charge in [0.2, 0.25) is 10.0 Å². The maximum atomic E-state index is 13.3. The van der Waals surface area contributed by atoms with Gasteiger partial charge >= 0.3 is 0 Å². The number of carbonyl (C=O) groups excluding carboxylic acids is 2. The Morgan fingerprint density at radius 3 is 2.48 bits per heavy atom. The molecule has 2 amide bonds. The first-order valence-electron chi connectivity index (χ1n) is 9.31. The van der Waals surface area contributed by atoms with E-state index in [9.17, 15) is 18.0 Å². The van der Waals surface area contributed by atoms with E-state index < -0.39 is 10.0 Å². The number of anilines is 1. The number of nitrogens with two attached hydrogens (primary N) is 1. The molecule has 0 aromatic heterocycles. The Balaban J connectivity index is 1.58. The summed E-state index contributed by atoms with van der Waals surface area (Å²) in [6, 6.07) is 11.3. The van der Waals surface area contributed by atoms with Crippen molar-refractivity contribution < 1.29 is 18.0 Å². The van der Waals surface area contributed by atoms with Crippen LogP contribution in [0, 0.1) is 0 Å². The molecule has 2 heterocycles. The van der Waals surface area contributed by atoms with E-state index in [0.717, 1.165) is 29.1 Å². The fourth-order valence-corrected chi connectivity index (χ4v) is 5.49. The Morgan fingerprint density at radius 1 is 1.13 bits per heavy atom. The number of nitrogens with one attached hydrogen (secondary N) is 1. The van der Waals surface area contributed by atoms with E-state index >= 15 is 0 Å². The standard InChI is InChI=1S/C20H15BrN4O4S2/c21-10-1-8-15-14(9-10)16(18(26)24-15)17-19(27)25(12-4-5-12)20(30-17)23-11-2-6-13(7-3-11)31(22,28)29/h1-3,6-9,12H,4-5H2,(H,24,26)(H2,22,28,29)/b17-16-,23-20-. The molecule has 11 heteroatoms. The number of halogens is 1. The Morgan fingerprint density at radius 2 is 1.84 bits per heavy atom. The number of thioether (sulfide) groups is 1. The summed E-state index contributed by atoms with van der Waals surface area (Å²) >= 11 is 4.57. The molecule has 1 saturated carbocycles. The molecule has 1 aliphatic carbocycles. The van der Waals surface area contributed by atoms with Crippen molar-refractivity contribution in [3.05, 3.63) is 57.4 Å². The Labute approximate surface area is 190 Å². The van der Waals surface area contributed by atoms with E-state index in [1.54, 1.807) is 11.0 Å². The van der Waals surface area contributed by atoms with Crippen LogP contribution in [-0.4, -0.2) is 36.3 Å². The molecule has 0 atom stereocenters. The van der Waals surface area contributed by atoms with Crippen LogP contribution in [0.2, 0.25) is 0 Å². The average molecular weight is 519 g/mol. The molecular formula is C20H15BrN4O4S2. The van der Waals surface area contributed by atoms with Gasteiger partial charge in [0.25, 0.3) is 11.8 Å². The van der Waals surface area contributed by atoms with E-state index in [2.05, 4.69) is 26.2 Å². The molecule has 2 aliphatic heterocycles. The van der Waals surface area contributed by atoms with Gasteiger partial charge < -0.3 is 5.32 Å². The van der Waals surface area contributed by atoms with Crippen LogP contribution in [0.15, 0.2) is 61.7 Å². The highest BCUT2D eigenvalue weighted by atomic mass is 79.9. The maximum absolute atomic E-state index is 13.3. The van der Waals surface area contributed by atoms with Gasteiger partial charge in [0, 0.05) is 21.8 Å². The van der Waals surface area contributed by atoms with Crippen molar-refractivity contribution in [1.82, 2.24) is 4.90 Å². The first-order valence-corrected chi connectivity index (χ1v) is 12.5. The maximum Gasteiger partial charge on any atom is 0.267 e. The van der Waals surface area contributed by atoms with Crippen LogP contribution in [0.5, 0.6) is 0 Å². The number of fused-ring (bicyclic) bond motifs is 1. The smallest absolute Gasteiger partial charge is 0.267 e. The fourth-order valence-electron chi connectivity index (χ4n) is 3.46. The summed E-state index contributed by atoms with van der Waals surface area (Å²) in [7, 11) is -3.80. The number of amidine groups is 1. The highest BCUT2D eigenvalue weighted by molar-refractivity contribution is 9.10. The van der Waals surface area contributed by atoms with Gasteiger partial charge in [-0.25, -0.2) is 18.5 Å². The van der Waals surface area contributed by atoms with Crippen LogP contribution < -0.4 is 10.5 Å². The van der Waals surface area contributed by atoms with Gasteiger partial charge in [-0.1, -0.05) is 15.9 Å². The summed E-state index contributed by atoms with van der Waals surface area (Å²) < 4.78 is 23.7. The third kappa shape index (κ3) is 3.71. The molecule has 0 radical (unpaired) electrons. The summed E-state index contributed by atoms with van der Waals surface area (Å²) in [6.45, 7) is 0. The van der Waals surface area contributed by atoms with Gasteiger partial charge in [-0.3, -0.25) is 14.5 Å². The molecule has 31 heavy (non-hydrogen) atoms. The van der Waals surface area contributed by atoms with Crippen molar-refractivity contribution in [3.8, 4) is 0 Å². The zero-order valence-electron chi connectivity index (χ0n) is 15.8. The Kier molecular flexibility index (Phi) is 4.81. The number of nitrogens with zero attached hydrogens (tertiary/aromatic N) is 2. The molecule has 0 spiro atoms. The number of amides is 2. The molecule has 158 valence electrons. The van der Waals surface area contributed by atoms with E-state index in [4.69, 9.17) is 5.14 Å². The molecule has 0 bridgehead atoms. The van der Waals surface area contributed by atoms with E-state index in [-0.39, 0.29) is 22.8 Å². The number of carbonyl (C=O) groups is 2. The Bertz CT molecular complexity index is 1320. The number of primary sulfonamides is 1. The third-order valence-corrected chi connectivity index (χ3v) is 7.54. The van der Waals surface area contributed by atoms with Crippen LogP contribution in [0.4, 0.5) is 11.4 Å². The number of hydrogen-bond acceptors (Lipinski definition) is 6. The second-order valence-electron chi connectivity index (χ2n) is 7.29. The third-order valence-electron chi connectivity index (χ3n) is 5.07. The summed E-state index contributed by atoms with van der Waals surface area (Å²) in [5.41, 5.74) is 2.15. The fraction of sp³-hybridized carbons (Fsp3) is 0.150. The minimum absolute atomic E-state index is 0.0155. The van der Waals surface area contributed by atoms with E-state index in [1.807, 2.05) is 12.1 Å². The number of aliphatic imine (C=N–C) groups is 1. The van der Waals surface area contributed by atoms with Crippen molar-refractivity contribution in [2.75, 3.05) is 5.32 Å². The molecule has 5 rings (SSSR count). The van der Waals surface area contributed by atoms with Gasteiger partial charge in [-0.05, 0) is 67.1 Å². The lowest BCUT2D eigenvalue weighted by atomic mass is 10.1. The quantitative estimate of drug-likeness (QED) is 0.604. The number of benzene rings is 2. The molecule has 1 saturated heterocycles. The summed E-state index contributed by atoms with van der Waals surface area (Å²) in [5.74, 6) is -0.566. The van der Waals surface area contributed by atoms with E-state index in [0.29, 0.717) is 32.6 Å². The zero-order chi connectivity index (χ0) is 21.9. The topological polar surface area (TPSA) is 122 Å². The lowest BCUT2D eigenvalue weighted by Gasteiger charge is -2.14. The van der Waals surface area contributed by atoms with Crippen LogP contribution in [0.25, 0.3) is 5.57 Å². The molecule has 2 fully saturated rings. The van der Waals surface area contributed by atoms with Gasteiger partial charge in [-0.15, -0.1) is 0 Å². The highest BCUT2D eigenvalue weighted by Gasteiger charge is 2.46. The minimum Gasteiger partial charge on any atom is -0.321 e. The summed E-state index contributed by atoms with van der Waals surface area (Å²) in [5, 5.41) is 8.42. The number of sulfonamides is 1. The molecule has 3 aliphatic rings. The van der Waals surface area contributed by atoms with Crippen LogP contribution >= 0.6 is 27.7 Å². The van der Waals surface area contributed by atoms with Crippen LogP contribution in [0.3, 0.4) is 0 Å². The number of hydrogen-bond donors (Lipinski definition) is 2. The second kappa shape index (κ2) is 7.30. The predicted molar refractivity (Wildman–Crippen MR) is 122 cm³/mol. The first-order chi connectivity index (χ1) is 14.7. The van der Waals surface area contributed by atoms with E-state index in [1.165, 1.54) is 24.3 Å². The van der Waals surface area contributed by atoms with Gasteiger partial charge in [0.1, 0.15) is 0 Å². The molecule has 2 aromatic carbocycles. The van der Waals surface area contributed by atoms with Crippen molar-refractivity contribution in [3.63, 3.8) is 0 Å². The SMILES string of the molecule is NS(=O)(=O)c1ccc(/N=C2\S/C(=C3\C(=O)Nc4ccc(Br)cc43)C(=O)N2C2CC2)cc1. The molecule has 0 unspecified atom stereocenters. The molecule has 3 N–H and O–H groups in total. The Hall–Kier alpha value is -2.47. The van der Waals surface area contributed by atoms with Crippen LogP contribution in [-0.2, 0) is 19.6 Å². The molecular weight excluding hydrogens is 504 g/mol. The number of rotatable bonds is 3. The van der Waals surface area contributed by atoms with Crippen LogP contribution in [0.1, 0.15) is 18.4 Å². The average Bonchev–Trinajstić information content (AvgIpc) is 3.42. The molecule has 2 aromatic rings. The lowest BCUT2D eigenvalue weighted by molar-refractivity contribution is -0.122. The first kappa shape index (κ1) is 20.4. The van der Waals surface area contributed by atoms with Gasteiger partial charge in [0.05, 0.1) is 21.1 Å². The second-order valence-corrected chi connectivity index (χ2v) is 10.7. The predicted octanol–water partition coefficient (Wildman–Crippen LogP) is 3.19. The summed E-state index contributed by atoms with van der Waals surface area (Å²) in [4.78, 5) is 32.5. The monoisotopic (exact) mass is 518 g/mol. The summed E-state index contributed by atoms with van der Waals surface area (Å²) in [6.07, 6.45) is 1.74.